The molecule has 2 aliphatic rings. The molecule has 5 rings (SSSR count). The van der Waals surface area contributed by atoms with E-state index in [1.165, 1.54) is 49.1 Å². The molecule has 1 aliphatic heterocycles. The minimum Gasteiger partial charge on any atom is -0.497 e. The molecule has 3 aromatic rings. The molecule has 1 N–H and O–H groups in total. The van der Waals surface area contributed by atoms with Crippen molar-refractivity contribution in [3.63, 3.8) is 0 Å². The van der Waals surface area contributed by atoms with Gasteiger partial charge in [-0.2, -0.15) is 0 Å². The smallest absolute Gasteiger partial charge is 0.174 e. The zero-order valence-electron chi connectivity index (χ0n) is 21.0. The van der Waals surface area contributed by atoms with Gasteiger partial charge < -0.3 is 24.3 Å². The van der Waals surface area contributed by atoms with E-state index in [0.29, 0.717) is 11.2 Å². The lowest BCUT2D eigenvalue weighted by molar-refractivity contribution is 0.345. The zero-order chi connectivity index (χ0) is 24.5. The lowest BCUT2D eigenvalue weighted by atomic mass is 9.94. The first kappa shape index (κ1) is 23.7. The summed E-state index contributed by atoms with van der Waals surface area (Å²) in [6.07, 6.45) is 8.28. The number of rotatable bonds is 6. The number of methoxy groups -OCH3 is 2. The zero-order valence-corrected chi connectivity index (χ0v) is 21.8. The second kappa shape index (κ2) is 9.90. The van der Waals surface area contributed by atoms with Crippen LogP contribution >= 0.6 is 12.2 Å². The van der Waals surface area contributed by atoms with Gasteiger partial charge in [0.2, 0.25) is 0 Å². The molecule has 2 atom stereocenters. The van der Waals surface area contributed by atoms with Gasteiger partial charge in [0.15, 0.2) is 5.11 Å². The molecule has 0 amide bonds. The van der Waals surface area contributed by atoms with Gasteiger partial charge in [-0.15, -0.1) is 0 Å². The number of anilines is 1. The molecule has 35 heavy (non-hydrogen) atoms. The Hall–Kier alpha value is -3.06. The number of aromatic nitrogens is 2. The highest BCUT2D eigenvalue weighted by Crippen LogP contribution is 2.47. The average molecular weight is 491 g/mol. The van der Waals surface area contributed by atoms with Crippen molar-refractivity contribution < 1.29 is 9.47 Å². The van der Waals surface area contributed by atoms with Gasteiger partial charge in [0.25, 0.3) is 0 Å². The maximum Gasteiger partial charge on any atom is 0.174 e. The molecular weight excluding hydrogens is 456 g/mol. The first-order valence-electron chi connectivity index (χ1n) is 12.4. The third-order valence-electron chi connectivity index (χ3n) is 7.53. The second-order valence-electron chi connectivity index (χ2n) is 9.52. The van der Waals surface area contributed by atoms with Gasteiger partial charge >= 0.3 is 0 Å². The number of ether oxygens (including phenoxy) is 2. The van der Waals surface area contributed by atoms with E-state index >= 15 is 0 Å². The summed E-state index contributed by atoms with van der Waals surface area (Å²) in [4.78, 5) is 6.90. The molecule has 1 aliphatic carbocycles. The number of benzene rings is 1. The molecule has 2 aromatic heterocycles. The normalized spacial score (nSPS) is 20.7. The number of thiocarbonyl (C=S) groups is 1. The van der Waals surface area contributed by atoms with Gasteiger partial charge in [0.05, 0.1) is 37.7 Å². The van der Waals surface area contributed by atoms with E-state index in [9.17, 15) is 0 Å². The van der Waals surface area contributed by atoms with Crippen LogP contribution in [-0.2, 0) is 0 Å². The Morgan fingerprint density at radius 3 is 2.49 bits per heavy atom. The maximum atomic E-state index is 5.96. The summed E-state index contributed by atoms with van der Waals surface area (Å²) in [6.45, 7) is 4.49. The molecule has 1 aromatic carbocycles. The minimum atomic E-state index is -0.0973. The topological polar surface area (TPSA) is 51.6 Å². The molecule has 2 fully saturated rings. The van der Waals surface area contributed by atoms with Crippen LogP contribution in [0.5, 0.6) is 11.5 Å². The molecule has 0 bridgehead atoms. The molecule has 3 heterocycles. The Kier molecular flexibility index (Phi) is 6.69. The largest absolute Gasteiger partial charge is 0.497 e. The van der Waals surface area contributed by atoms with Crippen LogP contribution in [-0.4, -0.2) is 28.9 Å². The summed E-state index contributed by atoms with van der Waals surface area (Å²) < 4.78 is 13.9. The van der Waals surface area contributed by atoms with Crippen LogP contribution < -0.4 is 19.7 Å². The van der Waals surface area contributed by atoms with Crippen molar-refractivity contribution >= 4 is 23.0 Å². The van der Waals surface area contributed by atoms with E-state index in [1.807, 2.05) is 36.5 Å². The van der Waals surface area contributed by atoms with Crippen molar-refractivity contribution in [3.8, 4) is 11.5 Å². The summed E-state index contributed by atoms with van der Waals surface area (Å²) in [5, 5.41) is 4.23. The first-order chi connectivity index (χ1) is 17.0. The number of nitrogens with zero attached hydrogens (tertiary/aromatic N) is 3. The van der Waals surface area contributed by atoms with E-state index in [4.69, 9.17) is 26.7 Å². The Labute approximate surface area is 213 Å². The van der Waals surface area contributed by atoms with Crippen molar-refractivity contribution in [1.82, 2.24) is 14.9 Å². The molecule has 0 unspecified atom stereocenters. The van der Waals surface area contributed by atoms with Crippen LogP contribution in [0.15, 0.2) is 48.7 Å². The quantitative estimate of drug-likeness (QED) is 0.415. The van der Waals surface area contributed by atoms with Gasteiger partial charge in [0, 0.05) is 29.7 Å². The SMILES string of the molecule is COc1ccc(OC)c(N2C(=S)N[C@@H](c3ccccn3)[C@@H]2c2cc(C)n(C3CCCCC3)c2C)c1. The Bertz CT molecular complexity index is 1200. The van der Waals surface area contributed by atoms with Crippen LogP contribution in [0.1, 0.15) is 72.9 Å². The average Bonchev–Trinajstić information content (AvgIpc) is 3.39. The van der Waals surface area contributed by atoms with Crippen molar-refractivity contribution in [2.75, 3.05) is 19.1 Å². The molecule has 1 saturated carbocycles. The monoisotopic (exact) mass is 490 g/mol. The highest BCUT2D eigenvalue weighted by Gasteiger charge is 2.43. The van der Waals surface area contributed by atoms with Crippen molar-refractivity contribution in [2.45, 2.75) is 64.1 Å². The lowest BCUT2D eigenvalue weighted by Gasteiger charge is -2.30. The Balaban J connectivity index is 1.67. The van der Waals surface area contributed by atoms with Gasteiger partial charge in [-0.05, 0) is 74.8 Å². The summed E-state index contributed by atoms with van der Waals surface area (Å²) in [5.41, 5.74) is 5.72. The summed E-state index contributed by atoms with van der Waals surface area (Å²) >= 11 is 5.96. The van der Waals surface area contributed by atoms with Crippen LogP contribution in [0.3, 0.4) is 0 Å². The standard InChI is InChI=1S/C28H34N4O2S/c1-18-16-22(19(2)31(18)20-10-6-5-7-11-20)27-26(23-12-8-9-15-29-23)30-28(35)32(27)24-17-21(33-3)13-14-25(24)34-4/h8-9,12-17,20,26-27H,5-7,10-11H2,1-4H3,(H,30,35)/t26-,27-/m0/s1. The summed E-state index contributed by atoms with van der Waals surface area (Å²) in [6, 6.07) is 14.6. The second-order valence-corrected chi connectivity index (χ2v) is 9.91. The van der Waals surface area contributed by atoms with Gasteiger partial charge in [-0.1, -0.05) is 25.3 Å². The molecule has 0 radical (unpaired) electrons. The third kappa shape index (κ3) is 4.27. The number of pyridine rings is 1. The highest BCUT2D eigenvalue weighted by molar-refractivity contribution is 7.80. The third-order valence-corrected chi connectivity index (χ3v) is 7.84. The first-order valence-corrected chi connectivity index (χ1v) is 12.8. The molecule has 6 nitrogen and oxygen atoms in total. The number of hydrogen-bond acceptors (Lipinski definition) is 4. The van der Waals surface area contributed by atoms with E-state index in [0.717, 1.165) is 22.9 Å². The van der Waals surface area contributed by atoms with Crippen molar-refractivity contribution in [1.29, 1.82) is 0 Å². The van der Waals surface area contributed by atoms with Crippen LogP contribution in [0.2, 0.25) is 0 Å². The Morgan fingerprint density at radius 1 is 1.00 bits per heavy atom. The Morgan fingerprint density at radius 2 is 1.80 bits per heavy atom. The van der Waals surface area contributed by atoms with Crippen LogP contribution in [0, 0.1) is 13.8 Å². The fourth-order valence-corrected chi connectivity index (χ4v) is 6.26. The van der Waals surface area contributed by atoms with Gasteiger partial charge in [0.1, 0.15) is 11.5 Å². The van der Waals surface area contributed by atoms with Crippen LogP contribution in [0.25, 0.3) is 0 Å². The summed E-state index contributed by atoms with van der Waals surface area (Å²) in [7, 11) is 3.37. The maximum absolute atomic E-state index is 5.96. The molecule has 0 spiro atoms. The fourth-order valence-electron chi connectivity index (χ4n) is 5.92. The molecule has 184 valence electrons. The van der Waals surface area contributed by atoms with Gasteiger partial charge in [-0.25, -0.2) is 0 Å². The highest BCUT2D eigenvalue weighted by atomic mass is 32.1. The number of nitrogens with one attached hydrogen (secondary N) is 1. The van der Waals surface area contributed by atoms with E-state index in [2.05, 4.69) is 40.8 Å². The predicted molar refractivity (Wildman–Crippen MR) is 144 cm³/mol. The van der Waals surface area contributed by atoms with Crippen molar-refractivity contribution in [3.05, 3.63) is 71.3 Å². The lowest BCUT2D eigenvalue weighted by Crippen LogP contribution is -2.30. The minimum absolute atomic E-state index is 0.0815. The molecule has 1 saturated heterocycles. The molecular formula is C28H34N4O2S. The van der Waals surface area contributed by atoms with Crippen molar-refractivity contribution in [2.24, 2.45) is 0 Å². The van der Waals surface area contributed by atoms with E-state index in [-0.39, 0.29) is 12.1 Å². The number of hydrogen-bond donors (Lipinski definition) is 1. The van der Waals surface area contributed by atoms with E-state index in [1.54, 1.807) is 14.2 Å². The fraction of sp³-hybridized carbons (Fsp3) is 0.429. The molecule has 7 heteroatoms. The van der Waals surface area contributed by atoms with E-state index < -0.39 is 0 Å². The number of aryl methyl sites for hydroxylation is 1. The predicted octanol–water partition coefficient (Wildman–Crippen LogP) is 6.20. The van der Waals surface area contributed by atoms with Crippen LogP contribution in [0.4, 0.5) is 5.69 Å². The summed E-state index contributed by atoms with van der Waals surface area (Å²) in [5.74, 6) is 1.51. The van der Waals surface area contributed by atoms with Gasteiger partial charge in [-0.3, -0.25) is 4.98 Å².